The molecule has 2 saturated heterocycles. The Morgan fingerprint density at radius 3 is 2.22 bits per heavy atom. The number of anilines is 1. The molecular weight excluding hydrogens is 413 g/mol. The van der Waals surface area contributed by atoms with Crippen molar-refractivity contribution in [3.63, 3.8) is 0 Å². The number of aliphatic carboxylic acids is 2. The fraction of sp³-hybridized carbons (Fsp3) is 0.533. The van der Waals surface area contributed by atoms with Crippen molar-refractivity contribution in [3.05, 3.63) is 21.9 Å². The summed E-state index contributed by atoms with van der Waals surface area (Å²) in [6.45, 7) is 2.49. The molecule has 0 aliphatic carbocycles. The summed E-state index contributed by atoms with van der Waals surface area (Å²) < 4.78 is 1.05. The Labute approximate surface area is 147 Å². The molecule has 0 aromatic carbocycles. The van der Waals surface area contributed by atoms with E-state index in [1.807, 2.05) is 12.1 Å². The summed E-state index contributed by atoms with van der Waals surface area (Å²) in [5, 5.41) is 19.0. The second-order valence-corrected chi connectivity index (χ2v) is 7.46. The topological polar surface area (TPSA) is 94.0 Å². The van der Waals surface area contributed by atoms with Crippen LogP contribution >= 0.6 is 22.6 Å². The molecule has 7 nitrogen and oxygen atoms in total. The van der Waals surface area contributed by atoms with Crippen LogP contribution in [0.3, 0.4) is 0 Å². The Kier molecular flexibility index (Phi) is 4.21. The van der Waals surface area contributed by atoms with Crippen LogP contribution in [0, 0.1) is 3.57 Å². The van der Waals surface area contributed by atoms with E-state index in [0.717, 1.165) is 22.2 Å². The molecule has 0 radical (unpaired) electrons. The molecule has 2 aliphatic rings. The van der Waals surface area contributed by atoms with Crippen molar-refractivity contribution in [2.24, 2.45) is 0 Å². The Bertz CT molecular complexity index is 608. The number of carboxylic acids is 2. The zero-order valence-electron chi connectivity index (χ0n) is 12.6. The first-order valence-corrected chi connectivity index (χ1v) is 8.53. The molecule has 3 rings (SSSR count). The van der Waals surface area contributed by atoms with Gasteiger partial charge in [-0.15, -0.1) is 0 Å². The molecule has 2 fully saturated rings. The van der Waals surface area contributed by atoms with Gasteiger partial charge in [0.2, 0.25) is 5.54 Å². The van der Waals surface area contributed by atoms with Gasteiger partial charge in [-0.1, -0.05) is 0 Å². The van der Waals surface area contributed by atoms with Gasteiger partial charge in [0.25, 0.3) is 0 Å². The third kappa shape index (κ3) is 2.67. The van der Waals surface area contributed by atoms with Gasteiger partial charge in [0.15, 0.2) is 0 Å². The van der Waals surface area contributed by atoms with E-state index in [9.17, 15) is 19.8 Å². The molecular formula is C15H18IN3O4. The molecule has 1 aromatic heterocycles. The normalized spacial score (nSPS) is 24.7. The second kappa shape index (κ2) is 5.90. The van der Waals surface area contributed by atoms with Crippen LogP contribution in [0.5, 0.6) is 0 Å². The first-order chi connectivity index (χ1) is 10.8. The van der Waals surface area contributed by atoms with Crippen LogP contribution in [-0.4, -0.2) is 62.7 Å². The molecule has 2 aliphatic heterocycles. The van der Waals surface area contributed by atoms with Gasteiger partial charge in [0.05, 0.1) is 0 Å². The van der Waals surface area contributed by atoms with Crippen LogP contribution < -0.4 is 4.90 Å². The van der Waals surface area contributed by atoms with Crippen LogP contribution in [-0.2, 0) is 9.59 Å². The number of rotatable bonds is 4. The molecule has 3 heterocycles. The minimum atomic E-state index is -1.88. The van der Waals surface area contributed by atoms with E-state index >= 15 is 0 Å². The lowest BCUT2D eigenvalue weighted by Gasteiger charge is -2.46. The predicted octanol–water partition coefficient (Wildman–Crippen LogP) is 1.27. The number of hydrogen-bond acceptors (Lipinski definition) is 5. The van der Waals surface area contributed by atoms with Crippen LogP contribution in [0.2, 0.25) is 0 Å². The monoisotopic (exact) mass is 431 g/mol. The fourth-order valence-corrected chi connectivity index (χ4v) is 4.01. The van der Waals surface area contributed by atoms with E-state index in [1.54, 1.807) is 11.1 Å². The molecule has 0 spiro atoms. The van der Waals surface area contributed by atoms with Crippen molar-refractivity contribution >= 4 is 40.3 Å². The molecule has 2 unspecified atom stereocenters. The number of hydrogen-bond donors (Lipinski definition) is 2. The number of piperazine rings is 1. The molecule has 2 atom stereocenters. The second-order valence-electron chi connectivity index (χ2n) is 6.21. The number of nitrogens with zero attached hydrogens (tertiary/aromatic N) is 3. The highest BCUT2D eigenvalue weighted by Gasteiger charge is 2.56. The highest BCUT2D eigenvalue weighted by Crippen LogP contribution is 2.37. The number of aromatic nitrogens is 1. The molecule has 2 bridgehead atoms. The van der Waals surface area contributed by atoms with E-state index < -0.39 is 17.5 Å². The summed E-state index contributed by atoms with van der Waals surface area (Å²) in [5.74, 6) is -1.75. The number of halogens is 1. The third-order valence-electron chi connectivity index (χ3n) is 4.87. The van der Waals surface area contributed by atoms with Gasteiger partial charge in [0.1, 0.15) is 5.82 Å². The maximum Gasteiger partial charge on any atom is 0.335 e. The summed E-state index contributed by atoms with van der Waals surface area (Å²) in [6, 6.07) is 3.75. The van der Waals surface area contributed by atoms with Crippen molar-refractivity contribution in [1.29, 1.82) is 0 Å². The summed E-state index contributed by atoms with van der Waals surface area (Å²) >= 11 is 2.20. The average Bonchev–Trinajstić information content (AvgIpc) is 2.77. The van der Waals surface area contributed by atoms with Crippen LogP contribution in [0.1, 0.15) is 19.8 Å². The van der Waals surface area contributed by atoms with Gasteiger partial charge in [-0.25, -0.2) is 14.6 Å². The van der Waals surface area contributed by atoms with Gasteiger partial charge in [-0.3, -0.25) is 4.90 Å². The lowest BCUT2D eigenvalue weighted by atomic mass is 9.95. The maximum atomic E-state index is 11.6. The molecule has 8 heteroatoms. The zero-order valence-corrected chi connectivity index (χ0v) is 14.8. The van der Waals surface area contributed by atoms with E-state index in [2.05, 4.69) is 32.5 Å². The lowest BCUT2D eigenvalue weighted by molar-refractivity contribution is -0.169. The van der Waals surface area contributed by atoms with Crippen LogP contribution in [0.4, 0.5) is 5.82 Å². The van der Waals surface area contributed by atoms with Gasteiger partial charge >= 0.3 is 11.9 Å². The lowest BCUT2D eigenvalue weighted by Crippen LogP contribution is -2.67. The minimum absolute atomic E-state index is 0.0907. The summed E-state index contributed by atoms with van der Waals surface area (Å²) in [7, 11) is 0. The van der Waals surface area contributed by atoms with E-state index in [-0.39, 0.29) is 12.1 Å². The quantitative estimate of drug-likeness (QED) is 0.548. The van der Waals surface area contributed by atoms with E-state index in [1.165, 1.54) is 6.92 Å². The maximum absolute atomic E-state index is 11.6. The van der Waals surface area contributed by atoms with Gasteiger partial charge < -0.3 is 15.1 Å². The third-order valence-corrected chi connectivity index (χ3v) is 5.51. The molecule has 0 amide bonds. The molecule has 1 aromatic rings. The average molecular weight is 431 g/mol. The van der Waals surface area contributed by atoms with Gasteiger partial charge in [-0.2, -0.15) is 0 Å². The van der Waals surface area contributed by atoms with Crippen molar-refractivity contribution in [2.75, 3.05) is 18.0 Å². The number of pyridine rings is 1. The molecule has 124 valence electrons. The Balaban J connectivity index is 1.86. The summed E-state index contributed by atoms with van der Waals surface area (Å²) in [4.78, 5) is 31.5. The van der Waals surface area contributed by atoms with E-state index in [4.69, 9.17) is 0 Å². The highest BCUT2D eigenvalue weighted by atomic mass is 127. The van der Waals surface area contributed by atoms with Gasteiger partial charge in [-0.05, 0) is 54.5 Å². The zero-order chi connectivity index (χ0) is 16.8. The van der Waals surface area contributed by atoms with E-state index in [0.29, 0.717) is 13.1 Å². The number of carboxylic acid groups (broad SMARTS) is 2. The standard InChI is InChI=1S/C15H18IN3O4/c1-15(13(20)21,14(22)23)19-10-3-4-11(19)8-18(7-10)12-5-2-9(16)6-17-12/h2,5-6,10-11H,3-4,7-8H2,1H3,(H,20,21)(H,22,23). The van der Waals surface area contributed by atoms with Crippen LogP contribution in [0.15, 0.2) is 18.3 Å². The highest BCUT2D eigenvalue weighted by molar-refractivity contribution is 14.1. The molecule has 23 heavy (non-hydrogen) atoms. The first kappa shape index (κ1) is 16.4. The molecule has 0 saturated carbocycles. The Morgan fingerprint density at radius 2 is 1.78 bits per heavy atom. The fourth-order valence-electron chi connectivity index (χ4n) is 3.69. The smallest absolute Gasteiger partial charge is 0.335 e. The van der Waals surface area contributed by atoms with Crippen molar-refractivity contribution in [2.45, 2.75) is 37.4 Å². The first-order valence-electron chi connectivity index (χ1n) is 7.45. The Hall–Kier alpha value is -1.42. The van der Waals surface area contributed by atoms with Crippen molar-refractivity contribution < 1.29 is 19.8 Å². The number of fused-ring (bicyclic) bond motifs is 2. The summed E-state index contributed by atoms with van der Waals surface area (Å²) in [5.41, 5.74) is -1.88. The predicted molar refractivity (Wildman–Crippen MR) is 91.5 cm³/mol. The molecule has 2 N–H and O–H groups in total. The Morgan fingerprint density at radius 1 is 1.22 bits per heavy atom. The van der Waals surface area contributed by atoms with Crippen LogP contribution in [0.25, 0.3) is 0 Å². The SMILES string of the molecule is CC(C(=O)O)(C(=O)O)N1C2CCC1CN(c1ccc(I)cn1)C2. The largest absolute Gasteiger partial charge is 0.479 e. The van der Waals surface area contributed by atoms with Crippen molar-refractivity contribution in [1.82, 2.24) is 9.88 Å². The summed E-state index contributed by atoms with van der Waals surface area (Å²) in [6.07, 6.45) is 3.41. The number of carbonyl (C=O) groups is 2. The minimum Gasteiger partial charge on any atom is -0.479 e. The van der Waals surface area contributed by atoms with Gasteiger partial charge in [0, 0.05) is 34.9 Å². The van der Waals surface area contributed by atoms with Crippen molar-refractivity contribution in [3.8, 4) is 0 Å².